The summed E-state index contributed by atoms with van der Waals surface area (Å²) in [6, 6.07) is 15.7. The van der Waals surface area contributed by atoms with Gasteiger partial charge in [0.1, 0.15) is 10.7 Å². The van der Waals surface area contributed by atoms with Gasteiger partial charge in [-0.25, -0.2) is 4.90 Å². The Balaban J connectivity index is 1.45. The maximum Gasteiger partial charge on any atom is 0.283 e. The van der Waals surface area contributed by atoms with Crippen LogP contribution in [0.4, 0.5) is 11.4 Å². The molecule has 1 aliphatic heterocycles. The van der Waals surface area contributed by atoms with Crippen molar-refractivity contribution in [1.82, 2.24) is 5.32 Å². The lowest BCUT2D eigenvalue weighted by atomic mass is 10.1. The van der Waals surface area contributed by atoms with Crippen LogP contribution in [0.2, 0.25) is 20.1 Å². The van der Waals surface area contributed by atoms with E-state index in [-0.39, 0.29) is 33.9 Å². The van der Waals surface area contributed by atoms with Crippen LogP contribution in [0.5, 0.6) is 0 Å². The lowest BCUT2D eigenvalue weighted by Crippen LogP contribution is -2.32. The van der Waals surface area contributed by atoms with Gasteiger partial charge in [-0.1, -0.05) is 64.1 Å². The molecule has 35 heavy (non-hydrogen) atoms. The Labute approximate surface area is 225 Å². The summed E-state index contributed by atoms with van der Waals surface area (Å²) in [5.74, 6) is -1.75. The fourth-order valence-corrected chi connectivity index (χ4v) is 4.34. The standard InChI is InChI=1S/C24H14Cl5N3O3/c25-14-4-1-13(18(28)9-14)11-30-22(33)12-2-6-16(7-3-12)31-21-20(29)23(34)32(24(21)35)19-10-15(26)5-8-17(19)27/h1-10,31H,11H2,(H,30,33). The Morgan fingerprint density at radius 3 is 2.11 bits per heavy atom. The minimum Gasteiger partial charge on any atom is -0.350 e. The van der Waals surface area contributed by atoms with Gasteiger partial charge in [0.25, 0.3) is 17.7 Å². The molecule has 0 saturated heterocycles. The highest BCUT2D eigenvalue weighted by Crippen LogP contribution is 2.35. The number of anilines is 2. The number of nitrogens with zero attached hydrogens (tertiary/aromatic N) is 1. The largest absolute Gasteiger partial charge is 0.350 e. The molecule has 0 spiro atoms. The van der Waals surface area contributed by atoms with Crippen LogP contribution in [0, 0.1) is 0 Å². The van der Waals surface area contributed by atoms with Gasteiger partial charge in [-0.05, 0) is 60.2 Å². The number of hydrogen-bond acceptors (Lipinski definition) is 4. The summed E-state index contributed by atoms with van der Waals surface area (Å²) in [5, 5.41) is 6.74. The van der Waals surface area contributed by atoms with Crippen molar-refractivity contribution in [2.24, 2.45) is 0 Å². The first-order valence-corrected chi connectivity index (χ1v) is 11.9. The fourth-order valence-electron chi connectivity index (χ4n) is 3.28. The maximum absolute atomic E-state index is 13.0. The Bertz CT molecular complexity index is 1390. The van der Waals surface area contributed by atoms with Crippen molar-refractivity contribution in [3.8, 4) is 0 Å². The van der Waals surface area contributed by atoms with Crippen molar-refractivity contribution in [3.05, 3.63) is 103 Å². The number of imide groups is 1. The summed E-state index contributed by atoms with van der Waals surface area (Å²) in [7, 11) is 0. The molecule has 0 atom stereocenters. The van der Waals surface area contributed by atoms with E-state index in [2.05, 4.69) is 10.6 Å². The molecule has 178 valence electrons. The lowest BCUT2D eigenvalue weighted by Gasteiger charge is -2.17. The van der Waals surface area contributed by atoms with E-state index in [1.165, 1.54) is 18.2 Å². The van der Waals surface area contributed by atoms with E-state index in [4.69, 9.17) is 58.0 Å². The molecule has 0 fully saturated rings. The quantitative estimate of drug-likeness (QED) is 0.325. The SMILES string of the molecule is O=C(NCc1ccc(Cl)cc1Cl)c1ccc(NC2=C(Cl)C(=O)N(c3cc(Cl)ccc3Cl)C2=O)cc1. The second kappa shape index (κ2) is 10.5. The van der Waals surface area contributed by atoms with Crippen molar-refractivity contribution >= 4 is 87.1 Å². The van der Waals surface area contributed by atoms with Crippen molar-refractivity contribution in [2.75, 3.05) is 10.2 Å². The van der Waals surface area contributed by atoms with Gasteiger partial charge in [0.05, 0.1) is 10.7 Å². The topological polar surface area (TPSA) is 78.5 Å². The van der Waals surface area contributed by atoms with Crippen molar-refractivity contribution in [1.29, 1.82) is 0 Å². The monoisotopic (exact) mass is 567 g/mol. The number of hydrogen-bond donors (Lipinski definition) is 2. The number of halogens is 5. The van der Waals surface area contributed by atoms with Crippen LogP contribution in [0.3, 0.4) is 0 Å². The van der Waals surface area contributed by atoms with Gasteiger partial charge in [-0.15, -0.1) is 0 Å². The van der Waals surface area contributed by atoms with E-state index in [1.807, 2.05) is 0 Å². The van der Waals surface area contributed by atoms with E-state index in [0.717, 1.165) is 10.5 Å². The Morgan fingerprint density at radius 2 is 1.43 bits per heavy atom. The zero-order valence-corrected chi connectivity index (χ0v) is 21.3. The van der Waals surface area contributed by atoms with Gasteiger partial charge in [0.15, 0.2) is 0 Å². The summed E-state index contributed by atoms with van der Waals surface area (Å²) < 4.78 is 0. The highest BCUT2D eigenvalue weighted by atomic mass is 35.5. The van der Waals surface area contributed by atoms with Gasteiger partial charge in [0, 0.05) is 32.9 Å². The Morgan fingerprint density at radius 1 is 0.771 bits per heavy atom. The molecular weight excluding hydrogens is 556 g/mol. The molecule has 0 saturated carbocycles. The predicted octanol–water partition coefficient (Wildman–Crippen LogP) is 6.67. The Kier molecular flexibility index (Phi) is 7.59. The summed E-state index contributed by atoms with van der Waals surface area (Å²) >= 11 is 30.3. The summed E-state index contributed by atoms with van der Waals surface area (Å²) in [6.45, 7) is 0.218. The van der Waals surface area contributed by atoms with Gasteiger partial charge in [0.2, 0.25) is 0 Å². The summed E-state index contributed by atoms with van der Waals surface area (Å²) in [5.41, 5.74) is 1.54. The molecule has 0 aromatic heterocycles. The van der Waals surface area contributed by atoms with Crippen molar-refractivity contribution in [3.63, 3.8) is 0 Å². The molecule has 4 rings (SSSR count). The second-order valence-electron chi connectivity index (χ2n) is 7.35. The van der Waals surface area contributed by atoms with Crippen LogP contribution in [0.15, 0.2) is 71.4 Å². The van der Waals surface area contributed by atoms with Crippen molar-refractivity contribution < 1.29 is 14.4 Å². The minimum absolute atomic E-state index is 0.122. The van der Waals surface area contributed by atoms with Crippen molar-refractivity contribution in [2.45, 2.75) is 6.54 Å². The third-order valence-electron chi connectivity index (χ3n) is 5.05. The molecule has 2 N–H and O–H groups in total. The molecule has 0 aliphatic carbocycles. The lowest BCUT2D eigenvalue weighted by molar-refractivity contribution is -0.120. The van der Waals surface area contributed by atoms with Crippen LogP contribution in [0.1, 0.15) is 15.9 Å². The second-order valence-corrected chi connectivity index (χ2v) is 9.42. The highest BCUT2D eigenvalue weighted by molar-refractivity contribution is 6.54. The molecule has 3 aromatic rings. The van der Waals surface area contributed by atoms with Crippen LogP contribution >= 0.6 is 58.0 Å². The summed E-state index contributed by atoms with van der Waals surface area (Å²) in [4.78, 5) is 39.0. The van der Waals surface area contributed by atoms with E-state index in [9.17, 15) is 14.4 Å². The smallest absolute Gasteiger partial charge is 0.283 e. The number of amides is 3. The molecule has 0 radical (unpaired) electrons. The van der Waals surface area contributed by atoms with E-state index >= 15 is 0 Å². The van der Waals surface area contributed by atoms with E-state index in [0.29, 0.717) is 26.3 Å². The first-order valence-electron chi connectivity index (χ1n) is 9.98. The fraction of sp³-hybridized carbons (Fsp3) is 0.0417. The first kappa shape index (κ1) is 25.4. The molecule has 1 aliphatic rings. The van der Waals surface area contributed by atoms with Crippen LogP contribution in [-0.2, 0) is 16.1 Å². The van der Waals surface area contributed by atoms with Gasteiger partial charge in [-0.3, -0.25) is 14.4 Å². The molecule has 0 bridgehead atoms. The molecular formula is C24H14Cl5N3O3. The van der Waals surface area contributed by atoms with Crippen LogP contribution in [0.25, 0.3) is 0 Å². The highest BCUT2D eigenvalue weighted by Gasteiger charge is 2.40. The molecule has 6 nitrogen and oxygen atoms in total. The number of carbonyl (C=O) groups is 3. The van der Waals surface area contributed by atoms with E-state index in [1.54, 1.807) is 42.5 Å². The molecule has 3 amide bonds. The zero-order chi connectivity index (χ0) is 25.3. The predicted molar refractivity (Wildman–Crippen MR) is 140 cm³/mol. The van der Waals surface area contributed by atoms with Crippen LogP contribution in [-0.4, -0.2) is 17.7 Å². The van der Waals surface area contributed by atoms with Gasteiger partial charge in [-0.2, -0.15) is 0 Å². The molecule has 3 aromatic carbocycles. The third-order valence-corrected chi connectivity index (χ3v) is 6.54. The average molecular weight is 570 g/mol. The minimum atomic E-state index is -0.736. The zero-order valence-electron chi connectivity index (χ0n) is 17.5. The molecule has 11 heteroatoms. The molecule has 0 unspecified atom stereocenters. The number of nitrogens with one attached hydrogen (secondary N) is 2. The third kappa shape index (κ3) is 5.42. The number of rotatable bonds is 6. The first-order chi connectivity index (χ1) is 16.7. The average Bonchev–Trinajstić information content (AvgIpc) is 3.03. The summed E-state index contributed by atoms with van der Waals surface area (Å²) in [6.07, 6.45) is 0. The van der Waals surface area contributed by atoms with Gasteiger partial charge >= 0.3 is 0 Å². The number of carbonyl (C=O) groups excluding carboxylic acids is 3. The molecule has 1 heterocycles. The normalized spacial score (nSPS) is 13.5. The van der Waals surface area contributed by atoms with E-state index < -0.39 is 11.8 Å². The van der Waals surface area contributed by atoms with Crippen LogP contribution < -0.4 is 15.5 Å². The van der Waals surface area contributed by atoms with Gasteiger partial charge < -0.3 is 10.6 Å². The Hall–Kier alpha value is -2.74. The maximum atomic E-state index is 13.0. The number of benzene rings is 3.